The van der Waals surface area contributed by atoms with Gasteiger partial charge in [-0.1, -0.05) is 17.7 Å². The van der Waals surface area contributed by atoms with Crippen LogP contribution >= 0.6 is 11.6 Å². The van der Waals surface area contributed by atoms with E-state index in [0.29, 0.717) is 42.5 Å². The van der Waals surface area contributed by atoms with Gasteiger partial charge < -0.3 is 9.47 Å². The Morgan fingerprint density at radius 1 is 1.29 bits per heavy atom. The first-order valence-corrected chi connectivity index (χ1v) is 8.25. The van der Waals surface area contributed by atoms with E-state index in [4.69, 9.17) is 11.6 Å². The van der Waals surface area contributed by atoms with Crippen molar-refractivity contribution in [1.29, 1.82) is 0 Å². The van der Waals surface area contributed by atoms with Crippen LogP contribution in [0, 0.1) is 5.92 Å². The van der Waals surface area contributed by atoms with Crippen LogP contribution in [0.15, 0.2) is 36.7 Å². The first kappa shape index (κ1) is 16.5. The van der Waals surface area contributed by atoms with Gasteiger partial charge in [0, 0.05) is 49.0 Å². The molecule has 6 nitrogen and oxygen atoms in total. The van der Waals surface area contributed by atoms with E-state index in [1.807, 2.05) is 7.05 Å². The summed E-state index contributed by atoms with van der Waals surface area (Å²) in [7, 11) is 1.83. The van der Waals surface area contributed by atoms with Crippen LogP contribution in [-0.4, -0.2) is 39.4 Å². The summed E-state index contributed by atoms with van der Waals surface area (Å²) >= 11 is 5.94. The number of nitrogens with zero attached hydrogens (tertiary/aromatic N) is 3. The summed E-state index contributed by atoms with van der Waals surface area (Å²) in [5.74, 6) is 0.349. The van der Waals surface area contributed by atoms with Crippen LogP contribution in [0.3, 0.4) is 0 Å². The van der Waals surface area contributed by atoms with Crippen molar-refractivity contribution in [3.63, 3.8) is 0 Å². The van der Waals surface area contributed by atoms with E-state index in [0.717, 1.165) is 0 Å². The molecular formula is C17H19ClN4O2. The van der Waals surface area contributed by atoms with E-state index < -0.39 is 0 Å². The van der Waals surface area contributed by atoms with Crippen molar-refractivity contribution in [2.45, 2.75) is 12.8 Å². The molecule has 2 amide bonds. The lowest BCUT2D eigenvalue weighted by Gasteiger charge is -2.31. The van der Waals surface area contributed by atoms with Gasteiger partial charge in [0.2, 0.25) is 11.9 Å². The maximum absolute atomic E-state index is 12.5. The van der Waals surface area contributed by atoms with E-state index in [9.17, 15) is 9.59 Å². The molecule has 2 heterocycles. The maximum Gasteiger partial charge on any atom is 0.253 e. The van der Waals surface area contributed by atoms with Crippen LogP contribution in [0.5, 0.6) is 0 Å². The Morgan fingerprint density at radius 3 is 2.67 bits per heavy atom. The Labute approximate surface area is 145 Å². The molecule has 0 unspecified atom stereocenters. The first-order chi connectivity index (χ1) is 11.5. The average Bonchev–Trinajstić information content (AvgIpc) is 2.99. The van der Waals surface area contributed by atoms with Crippen molar-refractivity contribution in [2.24, 2.45) is 13.0 Å². The molecule has 0 spiro atoms. The highest BCUT2D eigenvalue weighted by molar-refractivity contribution is 6.30. The topological polar surface area (TPSA) is 67.2 Å². The molecule has 0 radical (unpaired) electrons. The van der Waals surface area contributed by atoms with Crippen molar-refractivity contribution in [1.82, 2.24) is 14.5 Å². The van der Waals surface area contributed by atoms with Crippen LogP contribution < -0.4 is 5.32 Å². The molecule has 3 rings (SSSR count). The van der Waals surface area contributed by atoms with E-state index in [1.54, 1.807) is 46.1 Å². The molecule has 7 heteroatoms. The predicted molar refractivity (Wildman–Crippen MR) is 91.9 cm³/mol. The van der Waals surface area contributed by atoms with E-state index in [1.165, 1.54) is 0 Å². The van der Waals surface area contributed by atoms with Crippen molar-refractivity contribution < 1.29 is 9.59 Å². The zero-order valence-corrected chi connectivity index (χ0v) is 14.2. The van der Waals surface area contributed by atoms with Gasteiger partial charge in [-0.25, -0.2) is 4.98 Å². The van der Waals surface area contributed by atoms with E-state index in [-0.39, 0.29) is 17.7 Å². The number of halogens is 1. The van der Waals surface area contributed by atoms with Gasteiger partial charge in [0.1, 0.15) is 0 Å². The number of carbonyl (C=O) groups is 2. The summed E-state index contributed by atoms with van der Waals surface area (Å²) in [6, 6.07) is 6.94. The zero-order valence-electron chi connectivity index (χ0n) is 13.4. The molecule has 2 aromatic rings. The highest BCUT2D eigenvalue weighted by Gasteiger charge is 2.28. The van der Waals surface area contributed by atoms with Crippen LogP contribution in [0.1, 0.15) is 23.2 Å². The van der Waals surface area contributed by atoms with Gasteiger partial charge in [-0.15, -0.1) is 0 Å². The Hall–Kier alpha value is -2.34. The second kappa shape index (κ2) is 7.05. The third-order valence-electron chi connectivity index (χ3n) is 4.28. The number of hydrogen-bond donors (Lipinski definition) is 1. The number of imidazole rings is 1. The van der Waals surface area contributed by atoms with E-state index in [2.05, 4.69) is 10.3 Å². The molecule has 0 aliphatic carbocycles. The fourth-order valence-corrected chi connectivity index (χ4v) is 3.04. The molecule has 126 valence electrons. The van der Waals surface area contributed by atoms with Gasteiger partial charge >= 0.3 is 0 Å². The summed E-state index contributed by atoms with van der Waals surface area (Å²) in [6.45, 7) is 1.12. The molecule has 0 saturated carbocycles. The largest absolute Gasteiger partial charge is 0.339 e. The Balaban J connectivity index is 1.56. The molecule has 1 fully saturated rings. The van der Waals surface area contributed by atoms with Crippen LogP contribution in [-0.2, 0) is 11.8 Å². The van der Waals surface area contributed by atoms with Gasteiger partial charge in [-0.2, -0.15) is 0 Å². The average molecular weight is 347 g/mol. The van der Waals surface area contributed by atoms with Crippen LogP contribution in [0.25, 0.3) is 0 Å². The highest BCUT2D eigenvalue weighted by atomic mass is 35.5. The minimum absolute atomic E-state index is 0.0412. The van der Waals surface area contributed by atoms with Gasteiger partial charge in [0.15, 0.2) is 0 Å². The Morgan fingerprint density at radius 2 is 2.04 bits per heavy atom. The third kappa shape index (κ3) is 3.59. The lowest BCUT2D eigenvalue weighted by atomic mass is 9.95. The molecule has 0 atom stereocenters. The quantitative estimate of drug-likeness (QED) is 0.928. The number of aryl methyl sites for hydroxylation is 1. The normalized spacial score (nSPS) is 15.3. The highest BCUT2D eigenvalue weighted by Crippen LogP contribution is 2.21. The summed E-state index contributed by atoms with van der Waals surface area (Å²) in [4.78, 5) is 30.7. The molecule has 1 aromatic heterocycles. The van der Waals surface area contributed by atoms with Crippen molar-refractivity contribution in [3.05, 3.63) is 47.2 Å². The Kier molecular flexibility index (Phi) is 4.85. The molecule has 24 heavy (non-hydrogen) atoms. The van der Waals surface area contributed by atoms with E-state index >= 15 is 0 Å². The number of aromatic nitrogens is 2. The number of rotatable bonds is 3. The number of anilines is 1. The predicted octanol–water partition coefficient (Wildman–Crippen LogP) is 2.56. The Bertz CT molecular complexity index is 751. The molecule has 1 N–H and O–H groups in total. The van der Waals surface area contributed by atoms with Crippen molar-refractivity contribution >= 4 is 29.4 Å². The fraction of sp³-hybridized carbons (Fsp3) is 0.353. The minimum atomic E-state index is -0.106. The van der Waals surface area contributed by atoms with Crippen molar-refractivity contribution in [3.8, 4) is 0 Å². The number of carbonyl (C=O) groups excluding carboxylic acids is 2. The minimum Gasteiger partial charge on any atom is -0.339 e. The second-order valence-electron chi connectivity index (χ2n) is 5.93. The number of amides is 2. The zero-order chi connectivity index (χ0) is 17.1. The molecule has 1 aliphatic rings. The molecular weight excluding hydrogens is 328 g/mol. The molecule has 1 aromatic carbocycles. The third-order valence-corrected chi connectivity index (χ3v) is 4.52. The number of nitrogens with one attached hydrogen (secondary N) is 1. The van der Waals surface area contributed by atoms with Gasteiger partial charge in [-0.3, -0.25) is 14.9 Å². The number of likely N-dealkylation sites (tertiary alicyclic amines) is 1. The number of benzene rings is 1. The molecule has 1 saturated heterocycles. The van der Waals surface area contributed by atoms with Crippen LogP contribution in [0.2, 0.25) is 5.02 Å². The number of piperidine rings is 1. The van der Waals surface area contributed by atoms with Crippen LogP contribution in [0.4, 0.5) is 5.95 Å². The molecule has 1 aliphatic heterocycles. The summed E-state index contributed by atoms with van der Waals surface area (Å²) in [5, 5.41) is 3.38. The van der Waals surface area contributed by atoms with Gasteiger partial charge in [-0.05, 0) is 31.0 Å². The van der Waals surface area contributed by atoms with Gasteiger partial charge in [0.05, 0.1) is 0 Å². The number of hydrogen-bond acceptors (Lipinski definition) is 3. The SMILES string of the molecule is Cn1ccnc1NC(=O)C1CCN(C(=O)c2cccc(Cl)c2)CC1. The standard InChI is InChI=1S/C17H19ClN4O2/c1-21-10-7-19-17(21)20-15(23)12-5-8-22(9-6-12)16(24)13-3-2-4-14(18)11-13/h2-4,7,10-12H,5-6,8-9H2,1H3,(H,19,20,23). The summed E-state index contributed by atoms with van der Waals surface area (Å²) in [6.07, 6.45) is 4.70. The molecule has 0 bridgehead atoms. The second-order valence-corrected chi connectivity index (χ2v) is 6.36. The maximum atomic E-state index is 12.5. The lowest BCUT2D eigenvalue weighted by Crippen LogP contribution is -2.41. The van der Waals surface area contributed by atoms with Gasteiger partial charge in [0.25, 0.3) is 5.91 Å². The lowest BCUT2D eigenvalue weighted by molar-refractivity contribution is -0.121. The van der Waals surface area contributed by atoms with Crippen molar-refractivity contribution in [2.75, 3.05) is 18.4 Å². The monoisotopic (exact) mass is 346 g/mol. The smallest absolute Gasteiger partial charge is 0.253 e. The fourth-order valence-electron chi connectivity index (χ4n) is 2.85. The summed E-state index contributed by atoms with van der Waals surface area (Å²) in [5.41, 5.74) is 0.582. The summed E-state index contributed by atoms with van der Waals surface area (Å²) < 4.78 is 1.76. The first-order valence-electron chi connectivity index (χ1n) is 7.87.